The van der Waals surface area contributed by atoms with Crippen molar-refractivity contribution >= 4 is 11.6 Å². The number of nitrogens with zero attached hydrogens (tertiary/aromatic N) is 1. The number of rotatable bonds is 6. The van der Waals surface area contributed by atoms with Crippen molar-refractivity contribution in [3.05, 3.63) is 96.1 Å². The molecule has 1 amide bonds. The molecule has 0 radical (unpaired) electrons. The summed E-state index contributed by atoms with van der Waals surface area (Å²) in [7, 11) is 0. The molecular formula is C24H22N4O. The first-order valence-corrected chi connectivity index (χ1v) is 9.53. The highest BCUT2D eigenvalue weighted by Crippen LogP contribution is 2.23. The van der Waals surface area contributed by atoms with Crippen LogP contribution in [0, 0.1) is 0 Å². The molecule has 5 heteroatoms. The van der Waals surface area contributed by atoms with Gasteiger partial charge in [-0.15, -0.1) is 0 Å². The summed E-state index contributed by atoms with van der Waals surface area (Å²) in [6.07, 6.45) is 0.764. The van der Waals surface area contributed by atoms with Crippen molar-refractivity contribution in [2.45, 2.75) is 6.42 Å². The number of hydrogen-bond acceptors (Lipinski definition) is 3. The molecule has 0 saturated heterocycles. The number of anilines is 1. The first-order chi connectivity index (χ1) is 14.2. The molecule has 29 heavy (non-hydrogen) atoms. The monoisotopic (exact) mass is 382 g/mol. The van der Waals surface area contributed by atoms with Gasteiger partial charge in [0.05, 0.1) is 11.4 Å². The van der Waals surface area contributed by atoms with E-state index in [-0.39, 0.29) is 5.91 Å². The topological polar surface area (TPSA) is 83.8 Å². The average molecular weight is 382 g/mol. The Balaban J connectivity index is 1.37. The zero-order chi connectivity index (χ0) is 20.1. The SMILES string of the molecule is Nc1ccc(CCNC(=O)c2ccc(-c3cc(-c4ccccc4)n[nH]3)cc2)cc1. The maximum atomic E-state index is 12.4. The van der Waals surface area contributed by atoms with Crippen LogP contribution in [-0.4, -0.2) is 22.6 Å². The molecule has 0 unspecified atom stereocenters. The third-order valence-corrected chi connectivity index (χ3v) is 4.78. The first-order valence-electron chi connectivity index (χ1n) is 9.53. The summed E-state index contributed by atoms with van der Waals surface area (Å²) in [4.78, 5) is 12.4. The minimum atomic E-state index is -0.0819. The molecule has 0 fully saturated rings. The normalized spacial score (nSPS) is 10.6. The fraction of sp³-hybridized carbons (Fsp3) is 0.0833. The van der Waals surface area contributed by atoms with Crippen LogP contribution < -0.4 is 11.1 Å². The lowest BCUT2D eigenvalue weighted by Crippen LogP contribution is -2.25. The Bertz CT molecular complexity index is 1080. The van der Waals surface area contributed by atoms with E-state index >= 15 is 0 Å². The Morgan fingerprint density at radius 2 is 1.62 bits per heavy atom. The van der Waals surface area contributed by atoms with Gasteiger partial charge in [-0.05, 0) is 47.9 Å². The standard InChI is InChI=1S/C24H22N4O/c25-21-12-6-17(7-13-21)14-15-26-24(29)20-10-8-19(9-11-20)23-16-22(27-28-23)18-4-2-1-3-5-18/h1-13,16H,14-15,25H2,(H,26,29)(H,27,28). The molecule has 5 nitrogen and oxygen atoms in total. The van der Waals surface area contributed by atoms with Crippen LogP contribution in [0.1, 0.15) is 15.9 Å². The maximum Gasteiger partial charge on any atom is 0.251 e. The smallest absolute Gasteiger partial charge is 0.251 e. The van der Waals surface area contributed by atoms with Gasteiger partial charge in [0, 0.05) is 23.4 Å². The summed E-state index contributed by atoms with van der Waals surface area (Å²) in [5, 5.41) is 10.4. The van der Waals surface area contributed by atoms with Crippen LogP contribution in [0.2, 0.25) is 0 Å². The van der Waals surface area contributed by atoms with Crippen molar-refractivity contribution in [3.63, 3.8) is 0 Å². The van der Waals surface area contributed by atoms with E-state index in [9.17, 15) is 4.79 Å². The van der Waals surface area contributed by atoms with Gasteiger partial charge in [0.15, 0.2) is 0 Å². The second-order valence-electron chi connectivity index (χ2n) is 6.86. The van der Waals surface area contributed by atoms with Gasteiger partial charge in [-0.25, -0.2) is 0 Å². The van der Waals surface area contributed by atoms with Crippen LogP contribution in [0.3, 0.4) is 0 Å². The average Bonchev–Trinajstić information content (AvgIpc) is 3.26. The first kappa shape index (κ1) is 18.5. The van der Waals surface area contributed by atoms with Crippen LogP contribution >= 0.6 is 0 Å². The van der Waals surface area contributed by atoms with E-state index in [1.165, 1.54) is 0 Å². The number of H-pyrrole nitrogens is 1. The van der Waals surface area contributed by atoms with Crippen molar-refractivity contribution in [1.82, 2.24) is 15.5 Å². The van der Waals surface area contributed by atoms with Crippen LogP contribution in [0.5, 0.6) is 0 Å². The molecule has 0 atom stereocenters. The van der Waals surface area contributed by atoms with Gasteiger partial charge in [-0.3, -0.25) is 9.89 Å². The van der Waals surface area contributed by atoms with Crippen molar-refractivity contribution in [1.29, 1.82) is 0 Å². The summed E-state index contributed by atoms with van der Waals surface area (Å²) in [6.45, 7) is 0.575. The summed E-state index contributed by atoms with van der Waals surface area (Å²) in [5.41, 5.74) is 12.1. The number of carbonyl (C=O) groups excluding carboxylic acids is 1. The lowest BCUT2D eigenvalue weighted by atomic mass is 10.1. The van der Waals surface area contributed by atoms with Crippen molar-refractivity contribution in [3.8, 4) is 22.5 Å². The highest BCUT2D eigenvalue weighted by atomic mass is 16.1. The molecule has 1 heterocycles. The summed E-state index contributed by atoms with van der Waals surface area (Å²) < 4.78 is 0. The van der Waals surface area contributed by atoms with Crippen LogP contribution in [0.25, 0.3) is 22.5 Å². The van der Waals surface area contributed by atoms with Crippen molar-refractivity contribution in [2.75, 3.05) is 12.3 Å². The minimum absolute atomic E-state index is 0.0819. The largest absolute Gasteiger partial charge is 0.399 e. The summed E-state index contributed by atoms with van der Waals surface area (Å²) in [6, 6.07) is 27.2. The van der Waals surface area contributed by atoms with Crippen molar-refractivity contribution < 1.29 is 4.79 Å². The minimum Gasteiger partial charge on any atom is -0.399 e. The highest BCUT2D eigenvalue weighted by Gasteiger charge is 2.08. The molecule has 4 N–H and O–H groups in total. The van der Waals surface area contributed by atoms with E-state index in [0.717, 1.165) is 40.2 Å². The highest BCUT2D eigenvalue weighted by molar-refractivity contribution is 5.94. The molecule has 0 aliphatic heterocycles. The molecular weight excluding hydrogens is 360 g/mol. The third kappa shape index (κ3) is 4.52. The van der Waals surface area contributed by atoms with Gasteiger partial charge in [0.1, 0.15) is 0 Å². The Hall–Kier alpha value is -3.86. The van der Waals surface area contributed by atoms with Crippen LogP contribution in [-0.2, 0) is 6.42 Å². The summed E-state index contributed by atoms with van der Waals surface area (Å²) in [5.74, 6) is -0.0819. The number of benzene rings is 3. The Morgan fingerprint density at radius 1 is 0.897 bits per heavy atom. The fourth-order valence-corrected chi connectivity index (χ4v) is 3.13. The molecule has 144 valence electrons. The second kappa shape index (κ2) is 8.44. The van der Waals surface area contributed by atoms with Crippen LogP contribution in [0.15, 0.2) is 84.9 Å². The van der Waals surface area contributed by atoms with E-state index in [4.69, 9.17) is 5.73 Å². The van der Waals surface area contributed by atoms with E-state index in [0.29, 0.717) is 12.1 Å². The Kier molecular flexibility index (Phi) is 5.38. The zero-order valence-corrected chi connectivity index (χ0v) is 15.9. The molecule has 0 spiro atoms. The molecule has 4 aromatic rings. The van der Waals surface area contributed by atoms with E-state index in [1.807, 2.05) is 84.9 Å². The Morgan fingerprint density at radius 3 is 2.34 bits per heavy atom. The number of aromatic amines is 1. The number of aromatic nitrogens is 2. The number of nitrogens with one attached hydrogen (secondary N) is 2. The Labute approximate surface area is 169 Å². The lowest BCUT2D eigenvalue weighted by Gasteiger charge is -2.06. The summed E-state index contributed by atoms with van der Waals surface area (Å²) >= 11 is 0. The van der Waals surface area contributed by atoms with Gasteiger partial charge in [-0.2, -0.15) is 5.10 Å². The third-order valence-electron chi connectivity index (χ3n) is 4.78. The quantitative estimate of drug-likeness (QED) is 0.435. The number of amides is 1. The van der Waals surface area contributed by atoms with Gasteiger partial charge in [0.25, 0.3) is 5.91 Å². The number of nitrogens with two attached hydrogens (primary N) is 1. The second-order valence-corrected chi connectivity index (χ2v) is 6.86. The molecule has 0 saturated carbocycles. The molecule has 0 aliphatic carbocycles. The van der Waals surface area contributed by atoms with Crippen molar-refractivity contribution in [2.24, 2.45) is 0 Å². The predicted molar refractivity (Wildman–Crippen MR) is 116 cm³/mol. The van der Waals surface area contributed by atoms with E-state index < -0.39 is 0 Å². The van der Waals surface area contributed by atoms with E-state index in [1.54, 1.807) is 0 Å². The van der Waals surface area contributed by atoms with Gasteiger partial charge >= 0.3 is 0 Å². The fourth-order valence-electron chi connectivity index (χ4n) is 3.13. The van der Waals surface area contributed by atoms with Gasteiger partial charge in [-0.1, -0.05) is 54.6 Å². The van der Waals surface area contributed by atoms with Gasteiger partial charge in [0.2, 0.25) is 0 Å². The predicted octanol–water partition coefficient (Wildman–Crippen LogP) is 4.30. The number of nitrogen functional groups attached to an aromatic ring is 1. The van der Waals surface area contributed by atoms with E-state index in [2.05, 4.69) is 15.5 Å². The molecule has 4 rings (SSSR count). The number of hydrogen-bond donors (Lipinski definition) is 3. The van der Waals surface area contributed by atoms with Crippen LogP contribution in [0.4, 0.5) is 5.69 Å². The molecule has 0 bridgehead atoms. The number of carbonyl (C=O) groups is 1. The molecule has 1 aromatic heterocycles. The maximum absolute atomic E-state index is 12.4. The molecule has 3 aromatic carbocycles. The van der Waals surface area contributed by atoms with Gasteiger partial charge < -0.3 is 11.1 Å². The lowest BCUT2D eigenvalue weighted by molar-refractivity contribution is 0.0954. The zero-order valence-electron chi connectivity index (χ0n) is 15.9. The molecule has 0 aliphatic rings.